The molecule has 0 spiro atoms. The van der Waals surface area contributed by atoms with E-state index in [4.69, 9.17) is 9.47 Å². The number of aliphatic hydroxyl groups excluding tert-OH is 1. The van der Waals surface area contributed by atoms with Crippen LogP contribution in [0.4, 0.5) is 0 Å². The van der Waals surface area contributed by atoms with Crippen LogP contribution in [0.1, 0.15) is 41.9 Å². The minimum absolute atomic E-state index is 0.272. The van der Waals surface area contributed by atoms with Crippen molar-refractivity contribution in [2.45, 2.75) is 37.8 Å². The summed E-state index contributed by atoms with van der Waals surface area (Å²) in [7, 11) is 3.89. The first-order valence-electron chi connectivity index (χ1n) is 11.1. The minimum atomic E-state index is 0.272. The Morgan fingerprint density at radius 1 is 1.10 bits per heavy atom. The summed E-state index contributed by atoms with van der Waals surface area (Å²) in [5.41, 5.74) is 4.07. The van der Waals surface area contributed by atoms with Gasteiger partial charge in [0.2, 0.25) is 0 Å². The van der Waals surface area contributed by atoms with Crippen LogP contribution >= 0.6 is 0 Å². The molecular formula is C25H34N2O3. The Morgan fingerprint density at radius 3 is 2.67 bits per heavy atom. The highest BCUT2D eigenvalue weighted by Gasteiger charge is 2.25. The van der Waals surface area contributed by atoms with Crippen LogP contribution in [0.5, 0.6) is 11.5 Å². The van der Waals surface area contributed by atoms with Crippen molar-refractivity contribution in [3.63, 3.8) is 0 Å². The fraction of sp³-hybridized carbons (Fsp3) is 0.520. The molecule has 0 aromatic heterocycles. The number of ether oxygens (including phenoxy) is 2. The summed E-state index contributed by atoms with van der Waals surface area (Å²) in [4.78, 5) is 4.77. The number of fused-ring (bicyclic) bond motifs is 1. The van der Waals surface area contributed by atoms with Crippen molar-refractivity contribution in [1.82, 2.24) is 9.80 Å². The second kappa shape index (κ2) is 9.82. The highest BCUT2D eigenvalue weighted by Crippen LogP contribution is 2.35. The average molecular weight is 411 g/mol. The lowest BCUT2D eigenvalue weighted by Gasteiger charge is -2.33. The molecule has 1 unspecified atom stereocenters. The molecule has 162 valence electrons. The minimum Gasteiger partial charge on any atom is -0.497 e. The first kappa shape index (κ1) is 21.2. The molecule has 2 aromatic rings. The molecule has 2 aliphatic rings. The van der Waals surface area contributed by atoms with E-state index in [1.165, 1.54) is 23.1 Å². The smallest absolute Gasteiger partial charge is 0.119 e. The molecule has 4 rings (SSSR count). The molecule has 1 saturated heterocycles. The van der Waals surface area contributed by atoms with Crippen LogP contribution in [0.3, 0.4) is 0 Å². The molecule has 0 aliphatic carbocycles. The zero-order chi connectivity index (χ0) is 20.9. The maximum atomic E-state index is 9.45. The quantitative estimate of drug-likeness (QED) is 0.675. The van der Waals surface area contributed by atoms with E-state index in [1.807, 2.05) is 12.1 Å². The van der Waals surface area contributed by atoms with Gasteiger partial charge in [-0.05, 0) is 73.8 Å². The molecule has 2 aromatic carbocycles. The number of benzene rings is 2. The van der Waals surface area contributed by atoms with Gasteiger partial charge in [0, 0.05) is 31.6 Å². The Bertz CT molecular complexity index is 824. The number of likely N-dealkylation sites (tertiary alicyclic amines) is 1. The van der Waals surface area contributed by atoms with Crippen LogP contribution in [0.25, 0.3) is 0 Å². The Morgan fingerprint density at radius 2 is 1.90 bits per heavy atom. The third-order valence-electron chi connectivity index (χ3n) is 6.51. The number of rotatable bonds is 8. The summed E-state index contributed by atoms with van der Waals surface area (Å²) in [6.45, 7) is 5.05. The Kier molecular flexibility index (Phi) is 6.93. The van der Waals surface area contributed by atoms with Gasteiger partial charge < -0.3 is 19.5 Å². The van der Waals surface area contributed by atoms with E-state index in [2.05, 4.69) is 47.2 Å². The second-order valence-electron chi connectivity index (χ2n) is 8.60. The van der Waals surface area contributed by atoms with E-state index in [0.29, 0.717) is 18.6 Å². The molecular weight excluding hydrogens is 376 g/mol. The topological polar surface area (TPSA) is 45.2 Å². The van der Waals surface area contributed by atoms with E-state index in [1.54, 1.807) is 7.11 Å². The van der Waals surface area contributed by atoms with E-state index in [9.17, 15) is 5.11 Å². The molecule has 1 fully saturated rings. The Hall–Kier alpha value is -2.08. The van der Waals surface area contributed by atoms with Crippen LogP contribution in [-0.2, 0) is 6.54 Å². The van der Waals surface area contributed by atoms with Crippen molar-refractivity contribution in [1.29, 1.82) is 0 Å². The Balaban J connectivity index is 1.38. The van der Waals surface area contributed by atoms with Crippen LogP contribution < -0.4 is 9.47 Å². The number of nitrogens with zero attached hydrogens (tertiary/aromatic N) is 2. The van der Waals surface area contributed by atoms with Crippen LogP contribution in [0.2, 0.25) is 0 Å². The summed E-state index contributed by atoms with van der Waals surface area (Å²) in [6, 6.07) is 15.4. The van der Waals surface area contributed by atoms with E-state index >= 15 is 0 Å². The lowest BCUT2D eigenvalue weighted by Crippen LogP contribution is -2.33. The number of hydrogen-bond acceptors (Lipinski definition) is 5. The summed E-state index contributed by atoms with van der Waals surface area (Å²) < 4.78 is 11.4. The third-order valence-corrected chi connectivity index (χ3v) is 6.51. The number of aliphatic hydroxyl groups is 1. The van der Waals surface area contributed by atoms with Gasteiger partial charge in [-0.25, -0.2) is 0 Å². The zero-order valence-electron chi connectivity index (χ0n) is 18.2. The maximum absolute atomic E-state index is 9.45. The highest BCUT2D eigenvalue weighted by molar-refractivity contribution is 5.45. The van der Waals surface area contributed by atoms with Crippen LogP contribution in [0, 0.1) is 0 Å². The van der Waals surface area contributed by atoms with Crippen molar-refractivity contribution in [2.75, 3.05) is 47.0 Å². The fourth-order valence-corrected chi connectivity index (χ4v) is 4.89. The van der Waals surface area contributed by atoms with Gasteiger partial charge >= 0.3 is 0 Å². The van der Waals surface area contributed by atoms with Gasteiger partial charge in [0.15, 0.2) is 0 Å². The van der Waals surface area contributed by atoms with Crippen molar-refractivity contribution >= 4 is 0 Å². The number of methoxy groups -OCH3 is 1. The summed E-state index contributed by atoms with van der Waals surface area (Å²) in [6.07, 6.45) is 3.30. The van der Waals surface area contributed by atoms with Crippen molar-refractivity contribution in [2.24, 2.45) is 0 Å². The fourth-order valence-electron chi connectivity index (χ4n) is 4.89. The largest absolute Gasteiger partial charge is 0.497 e. The normalized spacial score (nSPS) is 22.1. The third kappa shape index (κ3) is 4.80. The molecule has 0 saturated carbocycles. The maximum Gasteiger partial charge on any atom is 0.119 e. The highest BCUT2D eigenvalue weighted by atomic mass is 16.5. The number of hydrogen-bond donors (Lipinski definition) is 1. The molecule has 2 atom stereocenters. The second-order valence-corrected chi connectivity index (χ2v) is 8.60. The molecule has 5 heteroatoms. The summed E-state index contributed by atoms with van der Waals surface area (Å²) in [5.74, 6) is 2.22. The lowest BCUT2D eigenvalue weighted by molar-refractivity contribution is 0.150. The molecule has 2 aliphatic heterocycles. The van der Waals surface area contributed by atoms with Crippen LogP contribution in [-0.4, -0.2) is 68.0 Å². The van der Waals surface area contributed by atoms with Crippen molar-refractivity contribution in [3.8, 4) is 11.5 Å². The predicted octanol–water partition coefficient (Wildman–Crippen LogP) is 3.50. The lowest BCUT2D eigenvalue weighted by atomic mass is 9.84. The van der Waals surface area contributed by atoms with Gasteiger partial charge in [-0.3, -0.25) is 4.90 Å². The molecule has 5 nitrogen and oxygen atoms in total. The van der Waals surface area contributed by atoms with Crippen molar-refractivity contribution in [3.05, 3.63) is 59.2 Å². The van der Waals surface area contributed by atoms with Crippen LogP contribution in [0.15, 0.2) is 42.5 Å². The van der Waals surface area contributed by atoms with E-state index in [-0.39, 0.29) is 6.61 Å². The zero-order valence-corrected chi connectivity index (χ0v) is 18.2. The van der Waals surface area contributed by atoms with Gasteiger partial charge in [-0.15, -0.1) is 0 Å². The number of likely N-dealkylation sites (N-methyl/N-ethyl adjacent to an activating group) is 1. The average Bonchev–Trinajstić information content (AvgIpc) is 3.23. The molecule has 1 N–H and O–H groups in total. The standard InChI is InChI=1S/C25H34N2O3/c1-26-16-20-15-23(30-14-4-13-27-12-3-5-21(27)18-28)10-11-24(20)25(17-26)19-6-8-22(29-2)9-7-19/h6-11,15,21,25,28H,3-5,12-14,16-18H2,1-2H3/t21-,25?/m1/s1. The van der Waals surface area contributed by atoms with Gasteiger partial charge in [-0.2, -0.15) is 0 Å². The molecule has 0 bridgehead atoms. The predicted molar refractivity (Wildman–Crippen MR) is 119 cm³/mol. The SMILES string of the molecule is COc1ccc(C2CN(C)Cc3cc(OCCCN4CCC[C@@H]4CO)ccc32)cc1. The molecule has 0 amide bonds. The molecule has 0 radical (unpaired) electrons. The van der Waals surface area contributed by atoms with Gasteiger partial charge in [0.25, 0.3) is 0 Å². The van der Waals surface area contributed by atoms with Crippen molar-refractivity contribution < 1.29 is 14.6 Å². The Labute approximate surface area is 180 Å². The first-order valence-corrected chi connectivity index (χ1v) is 11.1. The summed E-state index contributed by atoms with van der Waals surface area (Å²) in [5, 5.41) is 9.45. The first-order chi connectivity index (χ1) is 14.7. The van der Waals surface area contributed by atoms with E-state index < -0.39 is 0 Å². The van der Waals surface area contributed by atoms with Gasteiger partial charge in [0.1, 0.15) is 11.5 Å². The van der Waals surface area contributed by atoms with E-state index in [0.717, 1.165) is 50.5 Å². The molecule has 2 heterocycles. The monoisotopic (exact) mass is 410 g/mol. The molecule has 30 heavy (non-hydrogen) atoms. The van der Waals surface area contributed by atoms with Gasteiger partial charge in [0.05, 0.1) is 20.3 Å². The summed E-state index contributed by atoms with van der Waals surface area (Å²) >= 11 is 0. The van der Waals surface area contributed by atoms with Gasteiger partial charge in [-0.1, -0.05) is 18.2 Å².